The van der Waals surface area contributed by atoms with Gasteiger partial charge in [0.1, 0.15) is 0 Å². The fraction of sp³-hybridized carbons (Fsp3) is 0.727. The second-order valence-electron chi connectivity index (χ2n) is 3.41. The molecule has 0 aromatic carbocycles. The third kappa shape index (κ3) is 5.75. The maximum atomic E-state index is 11.0. The molecule has 0 saturated carbocycles. The number of carbonyl (C=O) groups is 1. The van der Waals surface area contributed by atoms with Crippen molar-refractivity contribution in [3.63, 3.8) is 0 Å². The summed E-state index contributed by atoms with van der Waals surface area (Å²) in [5, 5.41) is 9.49. The molecule has 0 aliphatic rings. The second-order valence-corrected chi connectivity index (χ2v) is 3.41. The first-order valence-electron chi connectivity index (χ1n) is 5.05. The van der Waals surface area contributed by atoms with E-state index in [-0.39, 0.29) is 12.1 Å². The first-order valence-corrected chi connectivity index (χ1v) is 5.05. The minimum Gasteiger partial charge on any atom is -0.466 e. The molecule has 0 heterocycles. The average molecular weight is 200 g/mol. The summed E-state index contributed by atoms with van der Waals surface area (Å²) in [5.74, 6) is -0.326. The quantitative estimate of drug-likeness (QED) is 0.527. The zero-order valence-electron chi connectivity index (χ0n) is 9.25. The van der Waals surface area contributed by atoms with Gasteiger partial charge in [0.25, 0.3) is 0 Å². The number of esters is 1. The van der Waals surface area contributed by atoms with E-state index < -0.39 is 0 Å². The fourth-order valence-corrected chi connectivity index (χ4v) is 1.11. The van der Waals surface area contributed by atoms with Gasteiger partial charge in [0.15, 0.2) is 0 Å². The predicted octanol–water partition coefficient (Wildman–Crippen LogP) is 2.05. The molecular formula is C11H20O3. The lowest BCUT2D eigenvalue weighted by molar-refractivity contribution is -0.136. The van der Waals surface area contributed by atoms with Gasteiger partial charge < -0.3 is 9.84 Å². The van der Waals surface area contributed by atoms with E-state index in [9.17, 15) is 9.90 Å². The van der Waals surface area contributed by atoms with Crippen LogP contribution in [0.3, 0.4) is 0 Å². The molecule has 82 valence electrons. The van der Waals surface area contributed by atoms with Crippen LogP contribution in [0.1, 0.15) is 39.5 Å². The Kier molecular flexibility index (Phi) is 7.11. The molecule has 0 radical (unpaired) electrons. The molecule has 0 amide bonds. The van der Waals surface area contributed by atoms with Crippen molar-refractivity contribution in [2.75, 3.05) is 7.11 Å². The number of unbranched alkanes of at least 4 members (excludes halogenated alkanes) is 1. The van der Waals surface area contributed by atoms with Crippen molar-refractivity contribution in [2.45, 2.75) is 45.6 Å². The Labute approximate surface area is 85.8 Å². The van der Waals surface area contributed by atoms with Crippen LogP contribution in [0, 0.1) is 0 Å². The van der Waals surface area contributed by atoms with Crippen molar-refractivity contribution in [1.29, 1.82) is 0 Å². The maximum absolute atomic E-state index is 11.0. The van der Waals surface area contributed by atoms with Crippen molar-refractivity contribution < 1.29 is 14.6 Å². The van der Waals surface area contributed by atoms with Crippen molar-refractivity contribution in [3.05, 3.63) is 11.6 Å². The Morgan fingerprint density at radius 1 is 1.57 bits per heavy atom. The van der Waals surface area contributed by atoms with Crippen LogP contribution in [0.25, 0.3) is 0 Å². The van der Waals surface area contributed by atoms with Crippen molar-refractivity contribution in [1.82, 2.24) is 0 Å². The third-order valence-electron chi connectivity index (χ3n) is 2.09. The minimum atomic E-state index is -0.338. The van der Waals surface area contributed by atoms with Crippen LogP contribution < -0.4 is 0 Å². The molecule has 0 aromatic rings. The van der Waals surface area contributed by atoms with Gasteiger partial charge in [-0.3, -0.25) is 0 Å². The number of methoxy groups -OCH3 is 1. The van der Waals surface area contributed by atoms with E-state index in [0.29, 0.717) is 12.0 Å². The van der Waals surface area contributed by atoms with Gasteiger partial charge in [-0.2, -0.15) is 0 Å². The van der Waals surface area contributed by atoms with Crippen LogP contribution in [0.4, 0.5) is 0 Å². The molecule has 0 fully saturated rings. The Morgan fingerprint density at radius 3 is 2.71 bits per heavy atom. The number of ether oxygens (including phenoxy) is 1. The van der Waals surface area contributed by atoms with Crippen LogP contribution in [-0.2, 0) is 9.53 Å². The van der Waals surface area contributed by atoms with E-state index in [1.807, 2.05) is 0 Å². The van der Waals surface area contributed by atoms with E-state index >= 15 is 0 Å². The van der Waals surface area contributed by atoms with Gasteiger partial charge in [-0.15, -0.1) is 0 Å². The first kappa shape index (κ1) is 13.2. The zero-order chi connectivity index (χ0) is 11.0. The summed E-state index contributed by atoms with van der Waals surface area (Å²) in [5.41, 5.74) is 0.558. The number of hydrogen-bond acceptors (Lipinski definition) is 3. The monoisotopic (exact) mass is 200 g/mol. The number of carbonyl (C=O) groups excluding carboxylic acids is 1. The predicted molar refractivity (Wildman–Crippen MR) is 55.9 cm³/mol. The van der Waals surface area contributed by atoms with Crippen LogP contribution in [0.15, 0.2) is 11.6 Å². The first-order chi connectivity index (χ1) is 6.61. The molecule has 0 aromatic heterocycles. The molecule has 0 saturated heterocycles. The summed E-state index contributed by atoms with van der Waals surface area (Å²) < 4.78 is 4.54. The van der Waals surface area contributed by atoms with Gasteiger partial charge >= 0.3 is 5.97 Å². The Hall–Kier alpha value is -0.830. The largest absolute Gasteiger partial charge is 0.466 e. The highest BCUT2D eigenvalue weighted by molar-refractivity contribution is 5.87. The van der Waals surface area contributed by atoms with Crippen molar-refractivity contribution in [3.8, 4) is 0 Å². The van der Waals surface area contributed by atoms with Crippen molar-refractivity contribution in [2.24, 2.45) is 0 Å². The van der Waals surface area contributed by atoms with Crippen LogP contribution >= 0.6 is 0 Å². The topological polar surface area (TPSA) is 46.5 Å². The number of rotatable bonds is 6. The Balaban J connectivity index is 3.83. The molecule has 3 nitrogen and oxygen atoms in total. The zero-order valence-corrected chi connectivity index (χ0v) is 9.25. The van der Waals surface area contributed by atoms with Gasteiger partial charge in [-0.05, 0) is 19.8 Å². The lowest BCUT2D eigenvalue weighted by atomic mass is 10.1. The molecule has 0 aliphatic carbocycles. The molecule has 1 unspecified atom stereocenters. The molecule has 0 bridgehead atoms. The number of aliphatic hydroxyl groups is 1. The standard InChI is InChI=1S/C11H20O3/c1-4-5-6-10(12)8-7-9(2)11(13)14-3/h7,10,12H,4-6,8H2,1-3H3/b9-7+. The van der Waals surface area contributed by atoms with Gasteiger partial charge in [0, 0.05) is 5.57 Å². The molecule has 3 heteroatoms. The van der Waals surface area contributed by atoms with E-state index in [1.165, 1.54) is 7.11 Å². The number of hydrogen-bond donors (Lipinski definition) is 1. The molecular weight excluding hydrogens is 180 g/mol. The van der Waals surface area contributed by atoms with Gasteiger partial charge in [0.05, 0.1) is 13.2 Å². The van der Waals surface area contributed by atoms with E-state index in [2.05, 4.69) is 11.7 Å². The molecule has 14 heavy (non-hydrogen) atoms. The molecule has 1 N–H and O–H groups in total. The summed E-state index contributed by atoms with van der Waals surface area (Å²) >= 11 is 0. The summed E-state index contributed by atoms with van der Waals surface area (Å²) in [6, 6.07) is 0. The highest BCUT2D eigenvalue weighted by Gasteiger charge is 2.05. The lowest BCUT2D eigenvalue weighted by Gasteiger charge is -2.06. The fourth-order valence-electron chi connectivity index (χ4n) is 1.11. The normalized spacial score (nSPS) is 13.9. The smallest absolute Gasteiger partial charge is 0.333 e. The molecule has 0 rings (SSSR count). The van der Waals surface area contributed by atoms with Gasteiger partial charge in [0.2, 0.25) is 0 Å². The summed E-state index contributed by atoms with van der Waals surface area (Å²) in [6.45, 7) is 3.78. The second kappa shape index (κ2) is 7.56. The van der Waals surface area contributed by atoms with Gasteiger partial charge in [-0.25, -0.2) is 4.79 Å². The van der Waals surface area contributed by atoms with E-state index in [1.54, 1.807) is 13.0 Å². The molecule has 0 spiro atoms. The van der Waals surface area contributed by atoms with E-state index in [4.69, 9.17) is 0 Å². The Morgan fingerprint density at radius 2 is 2.21 bits per heavy atom. The summed E-state index contributed by atoms with van der Waals surface area (Å²) in [6.07, 6.45) is 4.81. The maximum Gasteiger partial charge on any atom is 0.333 e. The van der Waals surface area contributed by atoms with Crippen LogP contribution in [-0.4, -0.2) is 24.3 Å². The highest BCUT2D eigenvalue weighted by atomic mass is 16.5. The summed E-state index contributed by atoms with van der Waals surface area (Å²) in [4.78, 5) is 11.0. The molecule has 1 atom stereocenters. The highest BCUT2D eigenvalue weighted by Crippen LogP contribution is 2.07. The Bertz CT molecular complexity index is 197. The number of aliphatic hydroxyl groups excluding tert-OH is 1. The van der Waals surface area contributed by atoms with Gasteiger partial charge in [-0.1, -0.05) is 25.8 Å². The lowest BCUT2D eigenvalue weighted by Crippen LogP contribution is -2.07. The third-order valence-corrected chi connectivity index (χ3v) is 2.09. The minimum absolute atomic E-state index is 0.326. The molecule has 0 aliphatic heterocycles. The SMILES string of the molecule is CCCCC(O)C/C=C(\C)C(=O)OC. The van der Waals surface area contributed by atoms with Crippen LogP contribution in [0.2, 0.25) is 0 Å². The van der Waals surface area contributed by atoms with Crippen molar-refractivity contribution >= 4 is 5.97 Å². The average Bonchev–Trinajstić information content (AvgIpc) is 2.21. The van der Waals surface area contributed by atoms with Crippen LogP contribution in [0.5, 0.6) is 0 Å². The van der Waals surface area contributed by atoms with E-state index in [0.717, 1.165) is 19.3 Å². The summed E-state index contributed by atoms with van der Waals surface area (Å²) in [7, 11) is 1.35.